The van der Waals surface area contributed by atoms with Crippen molar-refractivity contribution in [2.45, 2.75) is 19.6 Å². The average molecular weight is 566 g/mol. The molecule has 0 radical (unpaired) electrons. The molecule has 1 aliphatic rings. The minimum atomic E-state index is -4.86. The number of aromatic nitrogens is 1. The van der Waals surface area contributed by atoms with Crippen molar-refractivity contribution in [2.75, 3.05) is 56.6 Å². The molecule has 0 atom stereocenters. The van der Waals surface area contributed by atoms with Gasteiger partial charge in [-0.1, -0.05) is 0 Å². The lowest BCUT2D eigenvalue weighted by Crippen LogP contribution is -2.48. The summed E-state index contributed by atoms with van der Waals surface area (Å²) in [4.78, 5) is 38.6. The first-order valence-corrected chi connectivity index (χ1v) is 12.5. The molecule has 214 valence electrons. The Labute approximate surface area is 225 Å². The summed E-state index contributed by atoms with van der Waals surface area (Å²) in [7, 11) is 1.17. The summed E-state index contributed by atoms with van der Waals surface area (Å²) in [6.45, 7) is 5.09. The summed E-state index contributed by atoms with van der Waals surface area (Å²) in [5.41, 5.74) is -2.17. The van der Waals surface area contributed by atoms with E-state index in [-0.39, 0.29) is 16.6 Å². The molecule has 0 amide bonds. The zero-order valence-corrected chi connectivity index (χ0v) is 21.8. The summed E-state index contributed by atoms with van der Waals surface area (Å²) in [6, 6.07) is 5.53. The van der Waals surface area contributed by atoms with Crippen LogP contribution in [0.15, 0.2) is 41.3 Å². The fraction of sp³-hybridized carbons (Fsp3) is 0.385. The Hall–Kier alpha value is -4.20. The Kier molecular flexibility index (Phi) is 8.28. The normalized spacial score (nSPS) is 14.4. The van der Waals surface area contributed by atoms with Crippen molar-refractivity contribution in [1.82, 2.24) is 9.47 Å². The van der Waals surface area contributed by atoms with Gasteiger partial charge in [-0.2, -0.15) is 13.2 Å². The zero-order chi connectivity index (χ0) is 29.2. The number of nitro groups is 1. The van der Waals surface area contributed by atoms with Crippen LogP contribution in [0.1, 0.15) is 22.8 Å². The lowest BCUT2D eigenvalue weighted by molar-refractivity contribution is -0.388. The number of alkyl halides is 3. The summed E-state index contributed by atoms with van der Waals surface area (Å²) in [6.07, 6.45) is -3.45. The van der Waals surface area contributed by atoms with Gasteiger partial charge in [0.15, 0.2) is 0 Å². The first-order valence-electron chi connectivity index (χ1n) is 12.5. The lowest BCUT2D eigenvalue weighted by atomic mass is 10.1. The van der Waals surface area contributed by atoms with Crippen LogP contribution in [0.25, 0.3) is 10.9 Å². The monoisotopic (exact) mass is 565 g/mol. The molecule has 1 saturated heterocycles. The average Bonchev–Trinajstić information content (AvgIpc) is 2.92. The molecule has 14 heteroatoms. The van der Waals surface area contributed by atoms with Gasteiger partial charge in [0.1, 0.15) is 16.9 Å². The third-order valence-corrected chi connectivity index (χ3v) is 6.86. The Morgan fingerprint density at radius 2 is 1.85 bits per heavy atom. The summed E-state index contributed by atoms with van der Waals surface area (Å²) < 4.78 is 61.2. The van der Waals surface area contributed by atoms with E-state index < -0.39 is 39.6 Å². The van der Waals surface area contributed by atoms with E-state index in [2.05, 4.69) is 15.0 Å². The van der Waals surface area contributed by atoms with Crippen molar-refractivity contribution in [1.29, 1.82) is 0 Å². The van der Waals surface area contributed by atoms with Crippen molar-refractivity contribution >= 4 is 33.9 Å². The van der Waals surface area contributed by atoms with E-state index in [1.54, 1.807) is 10.6 Å². The Morgan fingerprint density at radius 1 is 1.15 bits per heavy atom. The third-order valence-electron chi connectivity index (χ3n) is 6.86. The minimum absolute atomic E-state index is 0.0793. The van der Waals surface area contributed by atoms with Gasteiger partial charge in [0.2, 0.25) is 5.43 Å². The van der Waals surface area contributed by atoms with Crippen LogP contribution in [0.3, 0.4) is 0 Å². The summed E-state index contributed by atoms with van der Waals surface area (Å²) in [5, 5.41) is 13.9. The number of hydrogen-bond donors (Lipinski definition) is 1. The van der Waals surface area contributed by atoms with Gasteiger partial charge in [0.25, 0.3) is 5.69 Å². The van der Waals surface area contributed by atoms with Gasteiger partial charge in [0, 0.05) is 69.2 Å². The largest absolute Gasteiger partial charge is 0.465 e. The molecule has 0 unspecified atom stereocenters. The van der Waals surface area contributed by atoms with Crippen LogP contribution in [0, 0.1) is 15.9 Å². The number of piperazine rings is 1. The first-order chi connectivity index (χ1) is 18.9. The third kappa shape index (κ3) is 5.86. The molecule has 0 aliphatic carbocycles. The number of carbonyl (C=O) groups is 1. The molecule has 0 bridgehead atoms. The molecular weight excluding hydrogens is 538 g/mol. The first kappa shape index (κ1) is 28.8. The van der Waals surface area contributed by atoms with Crippen LogP contribution in [0.2, 0.25) is 0 Å². The van der Waals surface area contributed by atoms with E-state index in [4.69, 9.17) is 0 Å². The number of hydrogen-bond acceptors (Lipinski definition) is 8. The van der Waals surface area contributed by atoms with Gasteiger partial charge in [-0.15, -0.1) is 0 Å². The number of nitrogens with zero attached hydrogens (tertiary/aromatic N) is 4. The number of ether oxygens (including phenoxy) is 1. The number of nitrogens with one attached hydrogen (secondary N) is 1. The molecule has 1 N–H and O–H groups in total. The molecule has 1 aromatic heterocycles. The van der Waals surface area contributed by atoms with Gasteiger partial charge in [0.05, 0.1) is 23.2 Å². The Balaban J connectivity index is 1.42. The number of esters is 1. The van der Waals surface area contributed by atoms with Crippen LogP contribution in [0.5, 0.6) is 0 Å². The second kappa shape index (κ2) is 11.5. The van der Waals surface area contributed by atoms with Crippen LogP contribution in [0.4, 0.5) is 34.6 Å². The smallest absolute Gasteiger partial charge is 0.423 e. The number of pyridine rings is 1. The molecule has 1 aliphatic heterocycles. The summed E-state index contributed by atoms with van der Waals surface area (Å²) >= 11 is 0. The number of nitro benzene ring substituents is 1. The van der Waals surface area contributed by atoms with Gasteiger partial charge in [-0.05, 0) is 31.2 Å². The summed E-state index contributed by atoms with van der Waals surface area (Å²) in [5.74, 6) is -1.39. The number of carbonyl (C=O) groups excluding carboxylic acids is 1. The number of anilines is 2. The quantitative estimate of drug-likeness (QED) is 0.188. The maximum Gasteiger partial charge on any atom is 0.423 e. The van der Waals surface area contributed by atoms with E-state index in [9.17, 15) is 32.9 Å². The number of halogens is 4. The second-order valence-corrected chi connectivity index (χ2v) is 9.21. The van der Waals surface area contributed by atoms with Crippen molar-refractivity contribution < 1.29 is 32.0 Å². The molecular formula is C26H27F4N5O5. The molecule has 2 aromatic carbocycles. The van der Waals surface area contributed by atoms with E-state index in [1.807, 2.05) is 11.8 Å². The maximum atomic E-state index is 15.2. The molecule has 0 saturated carbocycles. The van der Waals surface area contributed by atoms with Crippen molar-refractivity contribution in [3.63, 3.8) is 0 Å². The van der Waals surface area contributed by atoms with E-state index >= 15 is 4.39 Å². The van der Waals surface area contributed by atoms with E-state index in [1.165, 1.54) is 19.4 Å². The fourth-order valence-corrected chi connectivity index (χ4v) is 4.76. The topological polar surface area (TPSA) is 110 Å². The fourth-order valence-electron chi connectivity index (χ4n) is 4.76. The molecule has 3 aromatic rings. The predicted molar refractivity (Wildman–Crippen MR) is 140 cm³/mol. The van der Waals surface area contributed by atoms with Crippen molar-refractivity contribution in [3.05, 3.63) is 73.8 Å². The highest BCUT2D eigenvalue weighted by atomic mass is 19.4. The highest BCUT2D eigenvalue weighted by molar-refractivity contribution is 5.94. The predicted octanol–water partition coefficient (Wildman–Crippen LogP) is 4.11. The van der Waals surface area contributed by atoms with Gasteiger partial charge in [-0.25, -0.2) is 9.18 Å². The van der Waals surface area contributed by atoms with Gasteiger partial charge >= 0.3 is 12.1 Å². The van der Waals surface area contributed by atoms with Gasteiger partial charge in [-0.3, -0.25) is 19.8 Å². The van der Waals surface area contributed by atoms with Crippen molar-refractivity contribution in [3.8, 4) is 0 Å². The molecule has 10 nitrogen and oxygen atoms in total. The number of aryl methyl sites for hydroxylation is 1. The minimum Gasteiger partial charge on any atom is -0.465 e. The highest BCUT2D eigenvalue weighted by Gasteiger charge is 2.38. The van der Waals surface area contributed by atoms with Crippen LogP contribution in [-0.4, -0.2) is 66.7 Å². The maximum absolute atomic E-state index is 15.2. The number of fused-ring (bicyclic) bond motifs is 1. The van der Waals surface area contributed by atoms with Crippen LogP contribution < -0.4 is 15.6 Å². The number of benzene rings is 2. The highest BCUT2D eigenvalue weighted by Crippen LogP contribution is 2.37. The number of methoxy groups -OCH3 is 1. The standard InChI is InChI=1S/C26H27F4N5O5/c1-3-33-15-18(25(37)40-2)24(36)17-13-20(27)23(14-22(17)33)34-10-8-32(9-11-34)7-6-31-16-4-5-21(35(38)39)19(12-16)26(28,29)30/h4-5,12-15,31H,3,6-11H2,1-2H3. The molecule has 4 rings (SSSR count). The van der Waals surface area contributed by atoms with Crippen LogP contribution >= 0.6 is 0 Å². The molecule has 40 heavy (non-hydrogen) atoms. The van der Waals surface area contributed by atoms with E-state index in [0.717, 1.165) is 18.2 Å². The SMILES string of the molecule is CCn1cc(C(=O)OC)c(=O)c2cc(F)c(N3CCN(CCNc4ccc([N+](=O)[O-])c(C(F)(F)F)c4)CC3)cc21. The van der Waals surface area contributed by atoms with E-state index in [0.29, 0.717) is 57.0 Å². The Bertz CT molecular complexity index is 1500. The second-order valence-electron chi connectivity index (χ2n) is 9.21. The zero-order valence-electron chi connectivity index (χ0n) is 21.8. The Morgan fingerprint density at radius 3 is 2.45 bits per heavy atom. The van der Waals surface area contributed by atoms with Crippen LogP contribution in [-0.2, 0) is 17.5 Å². The molecule has 1 fully saturated rings. The lowest BCUT2D eigenvalue weighted by Gasteiger charge is -2.36. The number of rotatable bonds is 8. The van der Waals surface area contributed by atoms with Crippen molar-refractivity contribution in [2.24, 2.45) is 0 Å². The van der Waals surface area contributed by atoms with Gasteiger partial charge < -0.3 is 19.5 Å². The molecule has 2 heterocycles. The molecule has 0 spiro atoms.